The highest BCUT2D eigenvalue weighted by Gasteiger charge is 2.22. The maximum atomic E-state index is 12.6. The van der Waals surface area contributed by atoms with Gasteiger partial charge in [-0.1, -0.05) is 12.1 Å². The molecule has 0 aliphatic rings. The van der Waals surface area contributed by atoms with Gasteiger partial charge in [-0.15, -0.1) is 0 Å². The molecule has 6 nitrogen and oxygen atoms in total. The summed E-state index contributed by atoms with van der Waals surface area (Å²) in [5.41, 5.74) is 3.80. The number of anilines is 1. The zero-order chi connectivity index (χ0) is 20.4. The summed E-state index contributed by atoms with van der Waals surface area (Å²) in [4.78, 5) is 14.7. The second-order valence-electron chi connectivity index (χ2n) is 6.95. The Hall–Kier alpha value is -2.38. The average molecular weight is 390 g/mol. The second kappa shape index (κ2) is 8.10. The summed E-state index contributed by atoms with van der Waals surface area (Å²) in [6, 6.07) is 11.0. The normalized spacial score (nSPS) is 11.5. The molecular formula is C20H27N3O3S. The zero-order valence-corrected chi connectivity index (χ0v) is 17.5. The molecule has 1 amide bonds. The lowest BCUT2D eigenvalue weighted by Crippen LogP contribution is -2.26. The molecule has 27 heavy (non-hydrogen) atoms. The largest absolute Gasteiger partial charge is 0.378 e. The number of carbonyl (C=O) groups is 1. The molecule has 7 heteroatoms. The van der Waals surface area contributed by atoms with E-state index in [-0.39, 0.29) is 10.8 Å². The molecule has 2 aromatic rings. The first-order valence-corrected chi connectivity index (χ1v) is 10.1. The molecule has 0 aromatic heterocycles. The molecule has 0 unspecified atom stereocenters. The van der Waals surface area contributed by atoms with E-state index in [0.29, 0.717) is 17.7 Å². The van der Waals surface area contributed by atoms with E-state index in [1.807, 2.05) is 43.3 Å². The van der Waals surface area contributed by atoms with Crippen LogP contribution in [0, 0.1) is 13.8 Å². The lowest BCUT2D eigenvalue weighted by molar-refractivity contribution is 0.0950. The summed E-state index contributed by atoms with van der Waals surface area (Å²) in [5.74, 6) is -0.301. The van der Waals surface area contributed by atoms with Gasteiger partial charge in [-0.3, -0.25) is 4.79 Å². The van der Waals surface area contributed by atoms with Crippen molar-refractivity contribution in [3.8, 4) is 0 Å². The van der Waals surface area contributed by atoms with E-state index in [0.717, 1.165) is 21.1 Å². The molecule has 0 spiro atoms. The minimum absolute atomic E-state index is 0.160. The third-order valence-corrected chi connectivity index (χ3v) is 6.49. The maximum Gasteiger partial charge on any atom is 0.251 e. The molecule has 2 aromatic carbocycles. The number of hydrogen-bond donors (Lipinski definition) is 1. The predicted molar refractivity (Wildman–Crippen MR) is 109 cm³/mol. The summed E-state index contributed by atoms with van der Waals surface area (Å²) in [7, 11) is 3.28. The van der Waals surface area contributed by atoms with Crippen LogP contribution in [0.5, 0.6) is 0 Å². The van der Waals surface area contributed by atoms with E-state index in [4.69, 9.17) is 0 Å². The molecule has 1 N–H and O–H groups in total. The topological polar surface area (TPSA) is 69.7 Å². The van der Waals surface area contributed by atoms with Crippen LogP contribution >= 0.6 is 0 Å². The van der Waals surface area contributed by atoms with Gasteiger partial charge in [0.25, 0.3) is 5.91 Å². The van der Waals surface area contributed by atoms with Crippen LogP contribution in [-0.2, 0) is 16.6 Å². The van der Waals surface area contributed by atoms with Crippen molar-refractivity contribution in [2.24, 2.45) is 0 Å². The van der Waals surface area contributed by atoms with Gasteiger partial charge < -0.3 is 10.2 Å². The third kappa shape index (κ3) is 4.67. The number of benzene rings is 2. The van der Waals surface area contributed by atoms with Gasteiger partial charge in [0, 0.05) is 46.0 Å². The SMILES string of the molecule is Cc1cc(C(=O)NCc2ccc(N(C)C)cc2)cc(S(=O)(=O)N(C)C)c1C. The molecule has 146 valence electrons. The molecule has 0 fully saturated rings. The molecular weight excluding hydrogens is 362 g/mol. The number of amides is 1. The highest BCUT2D eigenvalue weighted by molar-refractivity contribution is 7.89. The molecule has 0 heterocycles. The van der Waals surface area contributed by atoms with Gasteiger partial charge in [0.2, 0.25) is 10.0 Å². The van der Waals surface area contributed by atoms with Crippen LogP contribution < -0.4 is 10.2 Å². The van der Waals surface area contributed by atoms with E-state index < -0.39 is 10.0 Å². The van der Waals surface area contributed by atoms with Gasteiger partial charge in [-0.25, -0.2) is 12.7 Å². The fourth-order valence-electron chi connectivity index (χ4n) is 2.62. The Labute approximate surface area is 161 Å². The first kappa shape index (κ1) is 20.9. The quantitative estimate of drug-likeness (QED) is 0.824. The second-order valence-corrected chi connectivity index (χ2v) is 9.07. The van der Waals surface area contributed by atoms with Crippen molar-refractivity contribution >= 4 is 21.6 Å². The van der Waals surface area contributed by atoms with Crippen LogP contribution in [0.15, 0.2) is 41.3 Å². The van der Waals surface area contributed by atoms with Crippen LogP contribution in [0.1, 0.15) is 27.0 Å². The number of rotatable bonds is 6. The van der Waals surface area contributed by atoms with Crippen molar-refractivity contribution in [2.75, 3.05) is 33.1 Å². The van der Waals surface area contributed by atoms with Crippen molar-refractivity contribution in [3.05, 3.63) is 58.7 Å². The van der Waals surface area contributed by atoms with Crippen molar-refractivity contribution in [3.63, 3.8) is 0 Å². The average Bonchev–Trinajstić information content (AvgIpc) is 2.61. The maximum absolute atomic E-state index is 12.6. The Balaban J connectivity index is 2.22. The van der Waals surface area contributed by atoms with Crippen LogP contribution in [0.2, 0.25) is 0 Å². The summed E-state index contributed by atoms with van der Waals surface area (Å²) < 4.78 is 26.2. The van der Waals surface area contributed by atoms with E-state index in [1.165, 1.54) is 20.2 Å². The minimum atomic E-state index is -3.62. The van der Waals surface area contributed by atoms with Gasteiger partial charge in [0.1, 0.15) is 0 Å². The summed E-state index contributed by atoms with van der Waals surface area (Å²) in [5, 5.41) is 2.86. The number of aryl methyl sites for hydroxylation is 1. The molecule has 0 saturated heterocycles. The van der Waals surface area contributed by atoms with Gasteiger partial charge in [-0.2, -0.15) is 0 Å². The van der Waals surface area contributed by atoms with Crippen molar-refractivity contribution in [2.45, 2.75) is 25.3 Å². The van der Waals surface area contributed by atoms with Crippen LogP contribution in [0.3, 0.4) is 0 Å². The summed E-state index contributed by atoms with van der Waals surface area (Å²) in [6.45, 7) is 3.93. The molecule has 2 rings (SSSR count). The lowest BCUT2D eigenvalue weighted by atomic mass is 10.1. The molecule has 0 radical (unpaired) electrons. The van der Waals surface area contributed by atoms with Gasteiger partial charge in [0.05, 0.1) is 4.90 Å². The number of nitrogens with zero attached hydrogens (tertiary/aromatic N) is 2. The monoisotopic (exact) mass is 389 g/mol. The Bertz CT molecular complexity index is 934. The first-order valence-electron chi connectivity index (χ1n) is 8.62. The van der Waals surface area contributed by atoms with E-state index in [2.05, 4.69) is 5.32 Å². The summed E-state index contributed by atoms with van der Waals surface area (Å²) in [6.07, 6.45) is 0. The predicted octanol–water partition coefficient (Wildman–Crippen LogP) is 2.55. The third-order valence-electron chi connectivity index (χ3n) is 4.55. The van der Waals surface area contributed by atoms with Crippen LogP contribution in [-0.4, -0.2) is 46.8 Å². The Morgan fingerprint density at radius 3 is 2.11 bits per heavy atom. The van der Waals surface area contributed by atoms with Crippen LogP contribution in [0.25, 0.3) is 0 Å². The molecule has 0 aliphatic heterocycles. The number of carbonyl (C=O) groups excluding carboxylic acids is 1. The fraction of sp³-hybridized carbons (Fsp3) is 0.350. The highest BCUT2D eigenvalue weighted by Crippen LogP contribution is 2.23. The summed E-state index contributed by atoms with van der Waals surface area (Å²) >= 11 is 0. The zero-order valence-electron chi connectivity index (χ0n) is 16.7. The molecule has 0 atom stereocenters. The number of sulfonamides is 1. The number of nitrogens with one attached hydrogen (secondary N) is 1. The van der Waals surface area contributed by atoms with E-state index >= 15 is 0 Å². The van der Waals surface area contributed by atoms with Gasteiger partial charge >= 0.3 is 0 Å². The van der Waals surface area contributed by atoms with Gasteiger partial charge in [-0.05, 0) is 54.8 Å². The lowest BCUT2D eigenvalue weighted by Gasteiger charge is -2.17. The first-order chi connectivity index (χ1) is 12.5. The minimum Gasteiger partial charge on any atom is -0.378 e. The molecule has 0 aliphatic carbocycles. The fourth-order valence-corrected chi connectivity index (χ4v) is 3.84. The van der Waals surface area contributed by atoms with Crippen LogP contribution in [0.4, 0.5) is 5.69 Å². The van der Waals surface area contributed by atoms with E-state index in [9.17, 15) is 13.2 Å². The van der Waals surface area contributed by atoms with Gasteiger partial charge in [0.15, 0.2) is 0 Å². The van der Waals surface area contributed by atoms with E-state index in [1.54, 1.807) is 19.9 Å². The highest BCUT2D eigenvalue weighted by atomic mass is 32.2. The van der Waals surface area contributed by atoms with Crippen molar-refractivity contribution in [1.29, 1.82) is 0 Å². The molecule has 0 bridgehead atoms. The molecule has 0 saturated carbocycles. The smallest absolute Gasteiger partial charge is 0.251 e. The standard InChI is InChI=1S/C20H27N3O3S/c1-14-11-17(12-19(15(14)2)27(25,26)23(5)6)20(24)21-13-16-7-9-18(10-8-16)22(3)4/h7-12H,13H2,1-6H3,(H,21,24). The Morgan fingerprint density at radius 2 is 1.59 bits per heavy atom. The Kier molecular flexibility index (Phi) is 6.28. The van der Waals surface area contributed by atoms with Crippen molar-refractivity contribution in [1.82, 2.24) is 9.62 Å². The number of hydrogen-bond acceptors (Lipinski definition) is 4. The Morgan fingerprint density at radius 1 is 1.00 bits per heavy atom. The van der Waals surface area contributed by atoms with Crippen molar-refractivity contribution < 1.29 is 13.2 Å².